The van der Waals surface area contributed by atoms with Gasteiger partial charge in [-0.15, -0.1) is 11.6 Å². The van der Waals surface area contributed by atoms with E-state index in [9.17, 15) is 0 Å². The van der Waals surface area contributed by atoms with Crippen LogP contribution in [0, 0.1) is 0 Å². The van der Waals surface area contributed by atoms with Gasteiger partial charge in [0.05, 0.1) is 6.61 Å². The van der Waals surface area contributed by atoms with Gasteiger partial charge in [0.15, 0.2) is 0 Å². The number of hydrogen-bond donors (Lipinski definition) is 1. The first kappa shape index (κ1) is 13.8. The number of aliphatic hydroxyl groups excluding tert-OH is 1. The van der Waals surface area contributed by atoms with E-state index < -0.39 is 0 Å². The summed E-state index contributed by atoms with van der Waals surface area (Å²) in [5.41, 5.74) is 0. The molecule has 11 heavy (non-hydrogen) atoms. The van der Waals surface area contributed by atoms with Crippen LogP contribution in [0.3, 0.4) is 0 Å². The van der Waals surface area contributed by atoms with Gasteiger partial charge in [-0.3, -0.25) is 0 Å². The van der Waals surface area contributed by atoms with E-state index in [2.05, 4.69) is 6.92 Å². The summed E-state index contributed by atoms with van der Waals surface area (Å²) in [5, 5.41) is 7.88. The van der Waals surface area contributed by atoms with E-state index in [0.29, 0.717) is 19.1 Å². The molecule has 0 aliphatic heterocycles. The topological polar surface area (TPSA) is 29.5 Å². The summed E-state index contributed by atoms with van der Waals surface area (Å²) in [7, 11) is 0. The van der Waals surface area contributed by atoms with Gasteiger partial charge >= 0.3 is 0 Å². The lowest BCUT2D eigenvalue weighted by molar-refractivity contribution is 0.150. The summed E-state index contributed by atoms with van der Waals surface area (Å²) >= 11 is 5.31. The van der Waals surface area contributed by atoms with Gasteiger partial charge in [-0.2, -0.15) is 0 Å². The van der Waals surface area contributed by atoms with Gasteiger partial charge in [0.25, 0.3) is 0 Å². The molecule has 0 fully saturated rings. The molecule has 0 spiro atoms. The summed E-state index contributed by atoms with van der Waals surface area (Å²) in [6, 6.07) is 0. The van der Waals surface area contributed by atoms with Crippen molar-refractivity contribution in [2.45, 2.75) is 26.7 Å². The first-order chi connectivity index (χ1) is 5.33. The van der Waals surface area contributed by atoms with Crippen LogP contribution < -0.4 is 0 Å². The minimum Gasteiger partial charge on any atom is -0.396 e. The van der Waals surface area contributed by atoms with Crippen LogP contribution in [0.2, 0.25) is 0 Å². The van der Waals surface area contributed by atoms with E-state index in [-0.39, 0.29) is 0 Å². The Morgan fingerprint density at radius 1 is 1.18 bits per heavy atom. The van der Waals surface area contributed by atoms with Crippen molar-refractivity contribution in [1.29, 1.82) is 0 Å². The Morgan fingerprint density at radius 3 is 2.00 bits per heavy atom. The number of ether oxygens (including phenoxy) is 1. The van der Waals surface area contributed by atoms with Gasteiger partial charge in [0, 0.05) is 19.1 Å². The van der Waals surface area contributed by atoms with Crippen LogP contribution >= 0.6 is 11.6 Å². The highest BCUT2D eigenvalue weighted by molar-refractivity contribution is 6.17. The van der Waals surface area contributed by atoms with Gasteiger partial charge in [-0.1, -0.05) is 13.8 Å². The second kappa shape index (κ2) is 16.7. The number of aliphatic hydroxyl groups is 1. The zero-order chi connectivity index (χ0) is 8.95. The quantitative estimate of drug-likeness (QED) is 0.521. The molecule has 0 saturated carbocycles. The van der Waals surface area contributed by atoms with Crippen LogP contribution in [0.1, 0.15) is 26.7 Å². The van der Waals surface area contributed by atoms with Crippen LogP contribution in [0.4, 0.5) is 0 Å². The SMILES string of the molecule is CCCO.CCCOCCCl. The van der Waals surface area contributed by atoms with Gasteiger partial charge in [0.2, 0.25) is 0 Å². The largest absolute Gasteiger partial charge is 0.396 e. The van der Waals surface area contributed by atoms with E-state index in [4.69, 9.17) is 21.4 Å². The fourth-order valence-electron chi connectivity index (χ4n) is 0.301. The smallest absolute Gasteiger partial charge is 0.0601 e. The summed E-state index contributed by atoms with van der Waals surface area (Å²) < 4.78 is 5.00. The number of alkyl halides is 1. The number of rotatable bonds is 5. The molecule has 0 aromatic rings. The monoisotopic (exact) mass is 182 g/mol. The zero-order valence-electron chi connectivity index (χ0n) is 7.48. The molecule has 0 aliphatic carbocycles. The second-order valence-electron chi connectivity index (χ2n) is 2.02. The molecule has 0 bridgehead atoms. The first-order valence-corrected chi connectivity index (χ1v) is 4.61. The molecule has 0 saturated heterocycles. The van der Waals surface area contributed by atoms with Crippen LogP contribution in [0.25, 0.3) is 0 Å². The third kappa shape index (κ3) is 25.4. The van der Waals surface area contributed by atoms with Crippen molar-refractivity contribution in [3.05, 3.63) is 0 Å². The molecule has 2 nitrogen and oxygen atoms in total. The Labute approximate surface area is 74.5 Å². The Balaban J connectivity index is 0. The van der Waals surface area contributed by atoms with Crippen molar-refractivity contribution in [3.63, 3.8) is 0 Å². The van der Waals surface area contributed by atoms with E-state index in [1.807, 2.05) is 6.92 Å². The second-order valence-corrected chi connectivity index (χ2v) is 2.40. The van der Waals surface area contributed by atoms with Gasteiger partial charge in [-0.25, -0.2) is 0 Å². The third-order valence-electron chi connectivity index (χ3n) is 0.794. The van der Waals surface area contributed by atoms with Crippen molar-refractivity contribution in [3.8, 4) is 0 Å². The zero-order valence-corrected chi connectivity index (χ0v) is 8.23. The van der Waals surface area contributed by atoms with Crippen molar-refractivity contribution in [1.82, 2.24) is 0 Å². The molecular weight excluding hydrogens is 164 g/mol. The highest BCUT2D eigenvalue weighted by atomic mass is 35.5. The maximum atomic E-state index is 7.88. The molecule has 0 aromatic carbocycles. The van der Waals surface area contributed by atoms with Crippen molar-refractivity contribution < 1.29 is 9.84 Å². The van der Waals surface area contributed by atoms with E-state index in [1.54, 1.807) is 0 Å². The lowest BCUT2D eigenvalue weighted by Crippen LogP contribution is -1.95. The molecule has 0 unspecified atom stereocenters. The Kier molecular flexibility index (Phi) is 20.9. The van der Waals surface area contributed by atoms with E-state index >= 15 is 0 Å². The highest BCUT2D eigenvalue weighted by Gasteiger charge is 1.79. The van der Waals surface area contributed by atoms with E-state index in [0.717, 1.165) is 19.4 Å². The molecule has 70 valence electrons. The first-order valence-electron chi connectivity index (χ1n) is 4.08. The summed E-state index contributed by atoms with van der Waals surface area (Å²) in [4.78, 5) is 0. The van der Waals surface area contributed by atoms with Crippen LogP contribution in [-0.4, -0.2) is 30.8 Å². The van der Waals surface area contributed by atoms with Crippen LogP contribution in [0.15, 0.2) is 0 Å². The van der Waals surface area contributed by atoms with Crippen LogP contribution in [-0.2, 0) is 4.74 Å². The fraction of sp³-hybridized carbons (Fsp3) is 1.00. The Bertz CT molecular complexity index is 45.4. The average molecular weight is 183 g/mol. The molecule has 3 heteroatoms. The third-order valence-corrected chi connectivity index (χ3v) is 0.948. The molecular formula is C8H19ClO2. The molecule has 0 aliphatic rings. The number of halogens is 1. The van der Waals surface area contributed by atoms with Gasteiger partial charge in [0.1, 0.15) is 0 Å². The lowest BCUT2D eigenvalue weighted by atomic mass is 10.5. The molecule has 0 rings (SSSR count). The Morgan fingerprint density at radius 2 is 1.73 bits per heavy atom. The Hall–Kier alpha value is 0.210. The van der Waals surface area contributed by atoms with Gasteiger partial charge < -0.3 is 9.84 Å². The molecule has 1 N–H and O–H groups in total. The minimum atomic E-state index is 0.319. The summed E-state index contributed by atoms with van der Waals surface area (Å²) in [6.07, 6.45) is 1.96. The molecule has 0 aromatic heterocycles. The van der Waals surface area contributed by atoms with Gasteiger partial charge in [-0.05, 0) is 12.8 Å². The molecule has 0 heterocycles. The fourth-order valence-corrected chi connectivity index (χ4v) is 0.410. The average Bonchev–Trinajstić information content (AvgIpc) is 2.06. The van der Waals surface area contributed by atoms with Crippen molar-refractivity contribution >= 4 is 11.6 Å². The van der Waals surface area contributed by atoms with Crippen molar-refractivity contribution in [2.75, 3.05) is 25.7 Å². The molecule has 0 radical (unpaired) electrons. The molecule has 0 atom stereocenters. The summed E-state index contributed by atoms with van der Waals surface area (Å²) in [6.45, 7) is 5.86. The lowest BCUT2D eigenvalue weighted by Gasteiger charge is -1.94. The summed E-state index contributed by atoms with van der Waals surface area (Å²) in [5.74, 6) is 0.611. The predicted octanol–water partition coefficient (Wildman–Crippen LogP) is 2.04. The maximum Gasteiger partial charge on any atom is 0.0601 e. The maximum absolute atomic E-state index is 7.88. The normalized spacial score (nSPS) is 8.73. The van der Waals surface area contributed by atoms with E-state index in [1.165, 1.54) is 0 Å². The number of hydrogen-bond acceptors (Lipinski definition) is 2. The van der Waals surface area contributed by atoms with Crippen molar-refractivity contribution in [2.24, 2.45) is 0 Å². The predicted molar refractivity (Wildman–Crippen MR) is 49.2 cm³/mol. The van der Waals surface area contributed by atoms with Crippen LogP contribution in [0.5, 0.6) is 0 Å². The molecule has 0 amide bonds. The standard InChI is InChI=1S/C5H11ClO.C3H8O/c1-2-4-7-5-3-6;1-2-3-4/h2-5H2,1H3;4H,2-3H2,1H3. The minimum absolute atomic E-state index is 0.319. The highest BCUT2D eigenvalue weighted by Crippen LogP contribution is 1.80.